The number of hydrogen-bond acceptors (Lipinski definition) is 8. The van der Waals surface area contributed by atoms with Crippen LogP contribution in [0.2, 0.25) is 0 Å². The number of carboxylic acid groups (broad SMARTS) is 1. The second-order valence-corrected chi connectivity index (χ2v) is 11.1. The van der Waals surface area contributed by atoms with Crippen LogP contribution in [0.25, 0.3) is 0 Å². The first-order chi connectivity index (χ1) is 24.5. The maximum Gasteiger partial charge on any atom is 0.319 e. The van der Waals surface area contributed by atoms with Gasteiger partial charge in [0, 0.05) is 31.5 Å². The fourth-order valence-electron chi connectivity index (χ4n) is 4.94. The molecule has 0 spiro atoms. The van der Waals surface area contributed by atoms with E-state index in [1.165, 1.54) is 35.0 Å². The summed E-state index contributed by atoms with van der Waals surface area (Å²) in [5.74, 6) is -1.46. The third-order valence-corrected chi connectivity index (χ3v) is 7.68. The van der Waals surface area contributed by atoms with Crippen LogP contribution in [-0.4, -0.2) is 82.8 Å². The Morgan fingerprint density at radius 1 is 0.706 bits per heavy atom. The summed E-state index contributed by atoms with van der Waals surface area (Å²) in [4.78, 5) is 68.4. The van der Waals surface area contributed by atoms with Crippen molar-refractivity contribution in [2.45, 2.75) is 6.42 Å². The smallest absolute Gasteiger partial charge is 0.319 e. The van der Waals surface area contributed by atoms with E-state index in [1.807, 2.05) is 6.07 Å². The number of nitrogens with one attached hydrogen (secondary N) is 2. The maximum absolute atomic E-state index is 13.8. The number of aliphatic carboxylic acids is 1. The van der Waals surface area contributed by atoms with Crippen molar-refractivity contribution in [2.75, 3.05) is 68.0 Å². The molecular formula is C37H39N5O9. The monoisotopic (exact) mass is 697 g/mol. The molecule has 0 bridgehead atoms. The van der Waals surface area contributed by atoms with Crippen LogP contribution in [0.3, 0.4) is 0 Å². The Morgan fingerprint density at radius 3 is 2.14 bits per heavy atom. The Balaban J connectivity index is 1.53. The molecule has 3 N–H and O–H groups in total. The van der Waals surface area contributed by atoms with Crippen LogP contribution in [0.15, 0.2) is 97.1 Å². The minimum atomic E-state index is -1.02. The van der Waals surface area contributed by atoms with Crippen LogP contribution >= 0.6 is 0 Å². The van der Waals surface area contributed by atoms with Gasteiger partial charge in [0.15, 0.2) is 6.61 Å². The lowest BCUT2D eigenvalue weighted by Gasteiger charge is -2.27. The van der Waals surface area contributed by atoms with Crippen LogP contribution in [-0.2, 0) is 25.6 Å². The molecule has 0 fully saturated rings. The normalized spacial score (nSPS) is 10.4. The molecule has 14 nitrogen and oxygen atoms in total. The quantitative estimate of drug-likeness (QED) is 0.165. The molecule has 0 radical (unpaired) electrons. The molecule has 51 heavy (non-hydrogen) atoms. The summed E-state index contributed by atoms with van der Waals surface area (Å²) in [6.07, 6.45) is -0.228. The number of methoxy groups -OCH3 is 2. The second kappa shape index (κ2) is 17.7. The summed E-state index contributed by atoms with van der Waals surface area (Å²) >= 11 is 0. The largest absolute Gasteiger partial charge is 0.497 e. The molecule has 0 unspecified atom stereocenters. The predicted molar refractivity (Wildman–Crippen MR) is 192 cm³/mol. The molecule has 5 amide bonds. The summed E-state index contributed by atoms with van der Waals surface area (Å²) in [7, 11) is 6.13. The molecule has 0 atom stereocenters. The Bertz CT molecular complexity index is 1870. The van der Waals surface area contributed by atoms with Crippen molar-refractivity contribution in [1.82, 2.24) is 5.32 Å². The second-order valence-electron chi connectivity index (χ2n) is 11.1. The number of anilines is 4. The summed E-state index contributed by atoms with van der Waals surface area (Å²) < 4.78 is 16.7. The molecule has 0 aromatic heterocycles. The average Bonchev–Trinajstić information content (AvgIpc) is 3.14. The first kappa shape index (κ1) is 37.3. The molecule has 14 heteroatoms. The SMILES string of the molecule is COc1ccc(OC)c(N(C)C(=O)COc2ccccc2N(CC(=O)N(C)c2ccccc2)C(=O)CNC(=O)Nc2cccc(CC(=O)O)c2)c1. The number of likely N-dealkylation sites (N-methyl/N-ethyl adjacent to an activating group) is 2. The Labute approximate surface area is 295 Å². The molecular weight excluding hydrogens is 658 g/mol. The molecule has 0 aliphatic carbocycles. The molecule has 4 aromatic carbocycles. The lowest BCUT2D eigenvalue weighted by molar-refractivity contribution is -0.136. The zero-order valence-electron chi connectivity index (χ0n) is 28.6. The van der Waals surface area contributed by atoms with Crippen molar-refractivity contribution in [3.63, 3.8) is 0 Å². The van der Waals surface area contributed by atoms with Gasteiger partial charge in [-0.05, 0) is 54.1 Å². The maximum atomic E-state index is 13.8. The van der Waals surface area contributed by atoms with E-state index >= 15 is 0 Å². The van der Waals surface area contributed by atoms with E-state index in [9.17, 15) is 24.0 Å². The lowest BCUT2D eigenvalue weighted by atomic mass is 10.1. The third kappa shape index (κ3) is 10.2. The van der Waals surface area contributed by atoms with Crippen LogP contribution in [0, 0.1) is 0 Å². The summed E-state index contributed by atoms with van der Waals surface area (Å²) in [6, 6.07) is 25.9. The molecule has 0 heterocycles. The van der Waals surface area contributed by atoms with Gasteiger partial charge in [-0.2, -0.15) is 0 Å². The number of para-hydroxylation sites is 3. The highest BCUT2D eigenvalue weighted by atomic mass is 16.5. The number of nitrogens with zero attached hydrogens (tertiary/aromatic N) is 3. The topological polar surface area (TPSA) is 167 Å². The molecule has 0 aliphatic rings. The van der Waals surface area contributed by atoms with Gasteiger partial charge in [0.25, 0.3) is 5.91 Å². The number of hydrogen-bond donors (Lipinski definition) is 3. The van der Waals surface area contributed by atoms with Crippen LogP contribution < -0.4 is 39.5 Å². The van der Waals surface area contributed by atoms with E-state index < -0.39 is 49.4 Å². The zero-order valence-corrected chi connectivity index (χ0v) is 28.6. The number of ether oxygens (including phenoxy) is 3. The minimum absolute atomic E-state index is 0.139. The third-order valence-electron chi connectivity index (χ3n) is 7.68. The van der Waals surface area contributed by atoms with Crippen molar-refractivity contribution >= 4 is 52.5 Å². The van der Waals surface area contributed by atoms with E-state index in [2.05, 4.69) is 10.6 Å². The van der Waals surface area contributed by atoms with Crippen LogP contribution in [0.1, 0.15) is 5.56 Å². The lowest BCUT2D eigenvalue weighted by Crippen LogP contribution is -2.46. The Hall–Kier alpha value is -6.57. The molecule has 0 saturated carbocycles. The van der Waals surface area contributed by atoms with Gasteiger partial charge in [0.2, 0.25) is 11.8 Å². The van der Waals surface area contributed by atoms with Crippen molar-refractivity contribution in [2.24, 2.45) is 0 Å². The molecule has 266 valence electrons. The van der Waals surface area contributed by atoms with Gasteiger partial charge in [-0.3, -0.25) is 24.1 Å². The van der Waals surface area contributed by atoms with E-state index in [4.69, 9.17) is 19.3 Å². The number of amides is 5. The molecule has 4 aromatic rings. The van der Waals surface area contributed by atoms with Gasteiger partial charge < -0.3 is 39.8 Å². The number of rotatable bonds is 15. The Kier molecular flexibility index (Phi) is 12.9. The zero-order chi connectivity index (χ0) is 36.9. The molecule has 0 saturated heterocycles. The predicted octanol–water partition coefficient (Wildman–Crippen LogP) is 4.19. The van der Waals surface area contributed by atoms with Crippen LogP contribution in [0.4, 0.5) is 27.5 Å². The summed E-state index contributed by atoms with van der Waals surface area (Å²) in [6.45, 7) is -1.38. The fourth-order valence-corrected chi connectivity index (χ4v) is 4.94. The van der Waals surface area contributed by atoms with Gasteiger partial charge >= 0.3 is 12.0 Å². The average molecular weight is 698 g/mol. The van der Waals surface area contributed by atoms with Gasteiger partial charge in [-0.25, -0.2) is 4.79 Å². The van der Waals surface area contributed by atoms with Gasteiger partial charge in [0.05, 0.1) is 38.6 Å². The van der Waals surface area contributed by atoms with Crippen molar-refractivity contribution in [3.8, 4) is 17.2 Å². The number of carbonyl (C=O) groups is 5. The molecule has 0 aliphatic heterocycles. The van der Waals surface area contributed by atoms with Crippen molar-refractivity contribution in [3.05, 3.63) is 103 Å². The van der Waals surface area contributed by atoms with E-state index in [1.54, 1.807) is 99.0 Å². The Morgan fingerprint density at radius 2 is 1.43 bits per heavy atom. The summed E-state index contributed by atoms with van der Waals surface area (Å²) in [5, 5.41) is 14.1. The van der Waals surface area contributed by atoms with E-state index in [0.717, 1.165) is 0 Å². The highest BCUT2D eigenvalue weighted by molar-refractivity contribution is 6.06. The highest BCUT2D eigenvalue weighted by Crippen LogP contribution is 2.32. The fraction of sp³-hybridized carbons (Fsp3) is 0.216. The van der Waals surface area contributed by atoms with Gasteiger partial charge in [0.1, 0.15) is 23.8 Å². The van der Waals surface area contributed by atoms with Gasteiger partial charge in [-0.1, -0.05) is 42.5 Å². The standard InChI is InChI=1S/C37H39N5O9/c1-40(27-13-6-5-7-14-27)34(44)23-42(33(43)22-38-37(48)39-26-12-10-11-25(19-26)20-36(46)47)29-15-8-9-16-32(29)51-24-35(45)41(2)30-21-28(49-3)17-18-31(30)50-4/h5-19,21H,20,22-24H2,1-4H3,(H,46,47)(H2,38,39,48). The number of carboxylic acids is 1. The summed E-state index contributed by atoms with van der Waals surface area (Å²) in [5.41, 5.74) is 2.05. The first-order valence-corrected chi connectivity index (χ1v) is 15.7. The number of urea groups is 1. The van der Waals surface area contributed by atoms with Gasteiger partial charge in [-0.15, -0.1) is 0 Å². The number of benzene rings is 4. The molecule has 4 rings (SSSR count). The van der Waals surface area contributed by atoms with Crippen molar-refractivity contribution < 1.29 is 43.3 Å². The van der Waals surface area contributed by atoms with Crippen LogP contribution in [0.5, 0.6) is 17.2 Å². The number of carbonyl (C=O) groups excluding carboxylic acids is 4. The highest BCUT2D eigenvalue weighted by Gasteiger charge is 2.26. The minimum Gasteiger partial charge on any atom is -0.497 e. The van der Waals surface area contributed by atoms with E-state index in [0.29, 0.717) is 34.1 Å². The van der Waals surface area contributed by atoms with Crippen molar-refractivity contribution in [1.29, 1.82) is 0 Å². The first-order valence-electron chi connectivity index (χ1n) is 15.7. The van der Waals surface area contributed by atoms with E-state index in [-0.39, 0.29) is 17.9 Å².